The summed E-state index contributed by atoms with van der Waals surface area (Å²) in [5.41, 5.74) is 6.32. The van der Waals surface area contributed by atoms with Gasteiger partial charge in [0.05, 0.1) is 6.54 Å². The third-order valence-corrected chi connectivity index (χ3v) is 2.10. The van der Waals surface area contributed by atoms with Crippen LogP contribution in [0.25, 0.3) is 11.0 Å². The van der Waals surface area contributed by atoms with Crippen LogP contribution >= 0.6 is 0 Å². The second-order valence-corrected chi connectivity index (χ2v) is 3.22. The summed E-state index contributed by atoms with van der Waals surface area (Å²) in [7, 11) is 0. The zero-order valence-electron chi connectivity index (χ0n) is 7.99. The van der Waals surface area contributed by atoms with E-state index in [1.54, 1.807) is 0 Å². The number of hydrogen-bond acceptors (Lipinski definition) is 3. The van der Waals surface area contributed by atoms with Crippen LogP contribution in [-0.2, 0) is 6.54 Å². The van der Waals surface area contributed by atoms with Gasteiger partial charge in [-0.05, 0) is 12.1 Å². The molecule has 0 saturated carbocycles. The van der Waals surface area contributed by atoms with Crippen molar-refractivity contribution in [3.05, 3.63) is 36.1 Å². The maximum Gasteiger partial charge on any atom is 0.134 e. The molecule has 0 spiro atoms. The summed E-state index contributed by atoms with van der Waals surface area (Å²) in [5, 5.41) is 4.34. The summed E-state index contributed by atoms with van der Waals surface area (Å²) >= 11 is 0. The fourth-order valence-corrected chi connectivity index (χ4v) is 1.44. The van der Waals surface area contributed by atoms with E-state index < -0.39 is 0 Å². The van der Waals surface area contributed by atoms with Crippen molar-refractivity contribution < 1.29 is 4.42 Å². The third-order valence-electron chi connectivity index (χ3n) is 2.10. The summed E-state index contributed by atoms with van der Waals surface area (Å²) in [5.74, 6) is 0.958. The van der Waals surface area contributed by atoms with Gasteiger partial charge in [-0.1, -0.05) is 18.2 Å². The van der Waals surface area contributed by atoms with Crippen molar-refractivity contribution in [2.75, 3.05) is 13.1 Å². The molecular formula is C11H14N2O. The Bertz CT molecular complexity index is 375. The molecule has 3 heteroatoms. The molecule has 0 fully saturated rings. The van der Waals surface area contributed by atoms with Gasteiger partial charge in [0.1, 0.15) is 11.3 Å². The minimum atomic E-state index is 0.653. The zero-order chi connectivity index (χ0) is 9.80. The highest BCUT2D eigenvalue weighted by atomic mass is 16.3. The summed E-state index contributed by atoms with van der Waals surface area (Å²) < 4.78 is 5.61. The molecule has 2 aromatic rings. The molecular weight excluding hydrogens is 176 g/mol. The van der Waals surface area contributed by atoms with E-state index in [0.717, 1.165) is 29.8 Å². The third kappa shape index (κ3) is 1.95. The second kappa shape index (κ2) is 4.26. The van der Waals surface area contributed by atoms with Gasteiger partial charge in [-0.25, -0.2) is 0 Å². The van der Waals surface area contributed by atoms with Crippen LogP contribution in [0.15, 0.2) is 34.7 Å². The van der Waals surface area contributed by atoms with E-state index in [2.05, 4.69) is 11.4 Å². The average molecular weight is 190 g/mol. The lowest BCUT2D eigenvalue weighted by Crippen LogP contribution is -2.21. The van der Waals surface area contributed by atoms with Crippen molar-refractivity contribution >= 4 is 11.0 Å². The molecule has 0 atom stereocenters. The van der Waals surface area contributed by atoms with Crippen molar-refractivity contribution in [1.82, 2.24) is 5.32 Å². The summed E-state index contributed by atoms with van der Waals surface area (Å²) in [6, 6.07) is 10.1. The van der Waals surface area contributed by atoms with Gasteiger partial charge in [-0.2, -0.15) is 0 Å². The molecule has 1 heterocycles. The number of nitrogens with two attached hydrogens (primary N) is 1. The van der Waals surface area contributed by atoms with Crippen LogP contribution in [0.1, 0.15) is 5.76 Å². The molecule has 0 radical (unpaired) electrons. The molecule has 3 nitrogen and oxygen atoms in total. The summed E-state index contributed by atoms with van der Waals surface area (Å²) in [6.07, 6.45) is 0. The minimum Gasteiger partial charge on any atom is -0.460 e. The molecule has 0 aliphatic carbocycles. The molecule has 0 aliphatic rings. The predicted molar refractivity (Wildman–Crippen MR) is 57.0 cm³/mol. The predicted octanol–water partition coefficient (Wildman–Crippen LogP) is 1.48. The number of nitrogens with one attached hydrogen (secondary N) is 1. The largest absolute Gasteiger partial charge is 0.460 e. The topological polar surface area (TPSA) is 51.2 Å². The van der Waals surface area contributed by atoms with Gasteiger partial charge in [0, 0.05) is 18.5 Å². The Kier molecular flexibility index (Phi) is 2.81. The van der Waals surface area contributed by atoms with Gasteiger partial charge in [0.2, 0.25) is 0 Å². The number of benzene rings is 1. The SMILES string of the molecule is NCCNCc1cc2ccccc2o1. The number of fused-ring (bicyclic) bond motifs is 1. The quantitative estimate of drug-likeness (QED) is 0.718. The Labute approximate surface area is 82.9 Å². The van der Waals surface area contributed by atoms with Crippen LogP contribution in [-0.4, -0.2) is 13.1 Å². The van der Waals surface area contributed by atoms with Crippen molar-refractivity contribution in [3.8, 4) is 0 Å². The Morgan fingerprint density at radius 3 is 2.93 bits per heavy atom. The highest BCUT2D eigenvalue weighted by Crippen LogP contribution is 2.18. The standard InChI is InChI=1S/C11H14N2O/c12-5-6-13-8-10-7-9-3-1-2-4-11(9)14-10/h1-4,7,13H,5-6,8,12H2. The summed E-state index contributed by atoms with van der Waals surface area (Å²) in [6.45, 7) is 2.21. The van der Waals surface area contributed by atoms with E-state index >= 15 is 0 Å². The number of furan rings is 1. The van der Waals surface area contributed by atoms with E-state index in [4.69, 9.17) is 10.2 Å². The first-order valence-corrected chi connectivity index (χ1v) is 4.78. The van der Waals surface area contributed by atoms with Crippen LogP contribution in [0.2, 0.25) is 0 Å². The maximum atomic E-state index is 5.61. The molecule has 0 saturated heterocycles. The molecule has 1 aromatic carbocycles. The van der Waals surface area contributed by atoms with Crippen molar-refractivity contribution in [3.63, 3.8) is 0 Å². The zero-order valence-corrected chi connectivity index (χ0v) is 7.99. The average Bonchev–Trinajstić information content (AvgIpc) is 2.60. The van der Waals surface area contributed by atoms with Gasteiger partial charge in [-0.3, -0.25) is 0 Å². The van der Waals surface area contributed by atoms with E-state index in [9.17, 15) is 0 Å². The van der Waals surface area contributed by atoms with E-state index in [-0.39, 0.29) is 0 Å². The Balaban J connectivity index is 2.11. The van der Waals surface area contributed by atoms with Crippen LogP contribution < -0.4 is 11.1 Å². The van der Waals surface area contributed by atoms with Gasteiger partial charge in [0.25, 0.3) is 0 Å². The maximum absolute atomic E-state index is 5.61. The molecule has 14 heavy (non-hydrogen) atoms. The Hall–Kier alpha value is -1.32. The van der Waals surface area contributed by atoms with Crippen LogP contribution in [0.3, 0.4) is 0 Å². The van der Waals surface area contributed by atoms with Gasteiger partial charge < -0.3 is 15.5 Å². The molecule has 1 aromatic heterocycles. The normalized spacial score (nSPS) is 10.9. The molecule has 0 bridgehead atoms. The lowest BCUT2D eigenvalue weighted by atomic mass is 10.2. The molecule has 3 N–H and O–H groups in total. The van der Waals surface area contributed by atoms with Crippen molar-refractivity contribution in [2.24, 2.45) is 5.73 Å². The summed E-state index contributed by atoms with van der Waals surface area (Å²) in [4.78, 5) is 0. The highest BCUT2D eigenvalue weighted by Gasteiger charge is 2.01. The van der Waals surface area contributed by atoms with Crippen LogP contribution in [0.4, 0.5) is 0 Å². The molecule has 0 aliphatic heterocycles. The molecule has 0 amide bonds. The molecule has 0 unspecified atom stereocenters. The van der Waals surface area contributed by atoms with Gasteiger partial charge in [-0.15, -0.1) is 0 Å². The lowest BCUT2D eigenvalue weighted by molar-refractivity contribution is 0.516. The second-order valence-electron chi connectivity index (χ2n) is 3.22. The fraction of sp³-hybridized carbons (Fsp3) is 0.273. The number of hydrogen-bond donors (Lipinski definition) is 2. The first kappa shape index (κ1) is 9.24. The smallest absolute Gasteiger partial charge is 0.134 e. The fourth-order valence-electron chi connectivity index (χ4n) is 1.44. The minimum absolute atomic E-state index is 0.653. The van der Waals surface area contributed by atoms with E-state index in [1.165, 1.54) is 0 Å². The number of rotatable bonds is 4. The Morgan fingerprint density at radius 1 is 1.29 bits per heavy atom. The first-order valence-electron chi connectivity index (χ1n) is 4.78. The molecule has 2 rings (SSSR count). The van der Waals surface area contributed by atoms with Crippen molar-refractivity contribution in [1.29, 1.82) is 0 Å². The Morgan fingerprint density at radius 2 is 2.14 bits per heavy atom. The van der Waals surface area contributed by atoms with Gasteiger partial charge in [0.15, 0.2) is 0 Å². The van der Waals surface area contributed by atoms with Crippen LogP contribution in [0.5, 0.6) is 0 Å². The molecule has 74 valence electrons. The monoisotopic (exact) mass is 190 g/mol. The van der Waals surface area contributed by atoms with Crippen LogP contribution in [0, 0.1) is 0 Å². The van der Waals surface area contributed by atoms with Gasteiger partial charge >= 0.3 is 0 Å². The van der Waals surface area contributed by atoms with E-state index in [1.807, 2.05) is 24.3 Å². The number of para-hydroxylation sites is 1. The van der Waals surface area contributed by atoms with Crippen molar-refractivity contribution in [2.45, 2.75) is 6.54 Å². The first-order chi connectivity index (χ1) is 6.90. The van der Waals surface area contributed by atoms with E-state index in [0.29, 0.717) is 6.54 Å². The highest BCUT2D eigenvalue weighted by molar-refractivity contribution is 5.77. The lowest BCUT2D eigenvalue weighted by Gasteiger charge is -1.97.